The number of rotatable bonds is 8. The van der Waals surface area contributed by atoms with Crippen molar-refractivity contribution in [2.45, 2.75) is 6.54 Å². The van der Waals surface area contributed by atoms with Gasteiger partial charge in [-0.2, -0.15) is 0 Å². The van der Waals surface area contributed by atoms with Crippen LogP contribution in [-0.2, 0) is 11.3 Å². The van der Waals surface area contributed by atoms with Crippen molar-refractivity contribution in [2.24, 2.45) is 0 Å². The van der Waals surface area contributed by atoms with Crippen LogP contribution in [0.2, 0.25) is 5.15 Å². The van der Waals surface area contributed by atoms with E-state index in [1.165, 1.54) is 12.4 Å². The molecule has 0 saturated carbocycles. The van der Waals surface area contributed by atoms with Crippen molar-refractivity contribution in [3.63, 3.8) is 0 Å². The van der Waals surface area contributed by atoms with Crippen molar-refractivity contribution in [3.8, 4) is 5.88 Å². The molecular weight excluding hydrogens is 306 g/mol. The molecule has 1 N–H and O–H groups in total. The first kappa shape index (κ1) is 16.2. The van der Waals surface area contributed by atoms with E-state index in [1.54, 1.807) is 4.90 Å². The Labute approximate surface area is 133 Å². The molecule has 0 aliphatic rings. The fourth-order valence-corrected chi connectivity index (χ4v) is 2.06. The highest BCUT2D eigenvalue weighted by Crippen LogP contribution is 2.11. The summed E-state index contributed by atoms with van der Waals surface area (Å²) in [5.74, 6) is -0.504. The fourth-order valence-electron chi connectivity index (χ4n) is 1.92. The lowest BCUT2D eigenvalue weighted by atomic mass is 10.2. The van der Waals surface area contributed by atoms with Crippen LogP contribution in [0.4, 0.5) is 0 Å². The van der Waals surface area contributed by atoms with Crippen LogP contribution in [-0.4, -0.2) is 45.6 Å². The number of benzene rings is 1. The average Bonchev–Trinajstić information content (AvgIpc) is 2.47. The Kier molecular flexibility index (Phi) is 6.12. The number of halogens is 1. The van der Waals surface area contributed by atoms with Gasteiger partial charge in [-0.15, -0.1) is 0 Å². The van der Waals surface area contributed by atoms with Gasteiger partial charge in [0.05, 0.1) is 6.54 Å². The molecule has 6 nitrogen and oxygen atoms in total. The molecule has 0 atom stereocenters. The van der Waals surface area contributed by atoms with E-state index in [0.717, 1.165) is 5.56 Å². The quantitative estimate of drug-likeness (QED) is 0.750. The van der Waals surface area contributed by atoms with Crippen LogP contribution < -0.4 is 4.74 Å². The van der Waals surface area contributed by atoms with Crippen LogP contribution in [0.15, 0.2) is 42.7 Å². The zero-order chi connectivity index (χ0) is 15.8. The Morgan fingerprint density at radius 2 is 2.05 bits per heavy atom. The summed E-state index contributed by atoms with van der Waals surface area (Å²) in [6, 6.07) is 11.2. The molecule has 0 saturated heterocycles. The van der Waals surface area contributed by atoms with Crippen molar-refractivity contribution in [1.82, 2.24) is 14.9 Å². The summed E-state index contributed by atoms with van der Waals surface area (Å²) in [5.41, 5.74) is 1.05. The summed E-state index contributed by atoms with van der Waals surface area (Å²) in [7, 11) is 0. The van der Waals surface area contributed by atoms with Gasteiger partial charge >= 0.3 is 5.97 Å². The predicted molar refractivity (Wildman–Crippen MR) is 81.9 cm³/mol. The minimum absolute atomic E-state index is 0.0528. The summed E-state index contributed by atoms with van der Waals surface area (Å²) in [4.78, 5) is 20.4. The van der Waals surface area contributed by atoms with Crippen molar-refractivity contribution in [3.05, 3.63) is 53.4 Å². The van der Waals surface area contributed by atoms with Crippen molar-refractivity contribution < 1.29 is 14.6 Å². The van der Waals surface area contributed by atoms with E-state index in [0.29, 0.717) is 30.7 Å². The maximum absolute atomic E-state index is 11.0. The number of hydrogen-bond acceptors (Lipinski definition) is 5. The monoisotopic (exact) mass is 321 g/mol. The minimum atomic E-state index is -0.874. The molecule has 2 aromatic rings. The molecular formula is C15H16ClN3O3. The molecule has 22 heavy (non-hydrogen) atoms. The predicted octanol–water partition coefficient (Wildman–Crippen LogP) is 2.10. The van der Waals surface area contributed by atoms with Crippen molar-refractivity contribution in [1.29, 1.82) is 0 Å². The summed E-state index contributed by atoms with van der Waals surface area (Å²) in [6.45, 7) is 1.26. The first-order valence-electron chi connectivity index (χ1n) is 6.72. The molecule has 1 heterocycles. The molecule has 0 radical (unpaired) electrons. The van der Waals surface area contributed by atoms with Gasteiger partial charge in [0.15, 0.2) is 0 Å². The lowest BCUT2D eigenvalue weighted by Crippen LogP contribution is -2.33. The number of ether oxygens (including phenoxy) is 1. The maximum atomic E-state index is 11.0. The summed E-state index contributed by atoms with van der Waals surface area (Å²) < 4.78 is 5.47. The van der Waals surface area contributed by atoms with Crippen molar-refractivity contribution >= 4 is 17.6 Å². The van der Waals surface area contributed by atoms with Crippen LogP contribution >= 0.6 is 11.6 Å². The number of carbonyl (C=O) groups is 1. The number of aromatic nitrogens is 2. The van der Waals surface area contributed by atoms with Gasteiger partial charge in [-0.25, -0.2) is 9.97 Å². The Hall–Kier alpha value is -2.18. The first-order chi connectivity index (χ1) is 10.6. The van der Waals surface area contributed by atoms with Crippen LogP contribution in [0.25, 0.3) is 0 Å². The number of carboxylic acid groups (broad SMARTS) is 1. The van der Waals surface area contributed by atoms with Gasteiger partial charge in [0.25, 0.3) is 0 Å². The van der Waals surface area contributed by atoms with Gasteiger partial charge in [0.1, 0.15) is 18.1 Å². The Morgan fingerprint density at radius 1 is 1.27 bits per heavy atom. The first-order valence-corrected chi connectivity index (χ1v) is 7.09. The second-order valence-corrected chi connectivity index (χ2v) is 5.00. The molecule has 1 aromatic carbocycles. The van der Waals surface area contributed by atoms with Gasteiger partial charge < -0.3 is 9.84 Å². The summed E-state index contributed by atoms with van der Waals surface area (Å²) in [5, 5.41) is 9.30. The van der Waals surface area contributed by atoms with E-state index in [2.05, 4.69) is 9.97 Å². The molecule has 0 fully saturated rings. The van der Waals surface area contributed by atoms with Crippen LogP contribution in [0.5, 0.6) is 5.88 Å². The zero-order valence-electron chi connectivity index (χ0n) is 11.9. The molecule has 0 bridgehead atoms. The maximum Gasteiger partial charge on any atom is 0.317 e. The second-order valence-electron chi connectivity index (χ2n) is 4.62. The highest BCUT2D eigenvalue weighted by molar-refractivity contribution is 6.29. The Balaban J connectivity index is 1.88. The summed E-state index contributed by atoms with van der Waals surface area (Å²) >= 11 is 5.74. The van der Waals surface area contributed by atoms with Crippen LogP contribution in [0, 0.1) is 0 Å². The van der Waals surface area contributed by atoms with Crippen LogP contribution in [0.1, 0.15) is 5.56 Å². The van der Waals surface area contributed by atoms with Gasteiger partial charge in [-0.3, -0.25) is 9.69 Å². The number of aliphatic carboxylic acids is 1. The summed E-state index contributed by atoms with van der Waals surface area (Å²) in [6.07, 6.45) is 1.32. The number of nitrogens with zero attached hydrogens (tertiary/aromatic N) is 3. The van der Waals surface area contributed by atoms with E-state index in [-0.39, 0.29) is 6.54 Å². The van der Waals surface area contributed by atoms with E-state index < -0.39 is 5.97 Å². The lowest BCUT2D eigenvalue weighted by molar-refractivity contribution is -0.138. The van der Waals surface area contributed by atoms with E-state index in [4.69, 9.17) is 21.4 Å². The molecule has 2 rings (SSSR count). The molecule has 0 unspecified atom stereocenters. The topological polar surface area (TPSA) is 75.5 Å². The zero-order valence-corrected chi connectivity index (χ0v) is 12.6. The molecule has 0 aliphatic carbocycles. The SMILES string of the molecule is O=C(O)CN(CCOc1cc(Cl)ncn1)Cc1ccccc1. The van der Waals surface area contributed by atoms with Gasteiger partial charge in [0, 0.05) is 19.2 Å². The third-order valence-electron chi connectivity index (χ3n) is 2.87. The Morgan fingerprint density at radius 3 is 2.73 bits per heavy atom. The molecule has 0 aliphatic heterocycles. The minimum Gasteiger partial charge on any atom is -0.480 e. The molecule has 0 spiro atoms. The third-order valence-corrected chi connectivity index (χ3v) is 3.08. The lowest BCUT2D eigenvalue weighted by Gasteiger charge is -2.20. The largest absolute Gasteiger partial charge is 0.480 e. The smallest absolute Gasteiger partial charge is 0.317 e. The molecule has 7 heteroatoms. The fraction of sp³-hybridized carbons (Fsp3) is 0.267. The normalized spacial score (nSPS) is 10.6. The molecule has 0 amide bonds. The third kappa shape index (κ3) is 5.67. The van der Waals surface area contributed by atoms with Crippen LogP contribution in [0.3, 0.4) is 0 Å². The molecule has 116 valence electrons. The van der Waals surface area contributed by atoms with Gasteiger partial charge in [-0.05, 0) is 5.56 Å². The van der Waals surface area contributed by atoms with Crippen molar-refractivity contribution in [2.75, 3.05) is 19.7 Å². The number of hydrogen-bond donors (Lipinski definition) is 1. The average molecular weight is 322 g/mol. The number of carboxylic acids is 1. The standard InChI is InChI=1S/C15H16ClN3O3/c16-13-8-14(18-11-17-13)22-7-6-19(10-15(20)21)9-12-4-2-1-3-5-12/h1-5,8,11H,6-7,9-10H2,(H,20,21). The highest BCUT2D eigenvalue weighted by atomic mass is 35.5. The van der Waals surface area contributed by atoms with E-state index in [1.807, 2.05) is 30.3 Å². The van der Waals surface area contributed by atoms with E-state index in [9.17, 15) is 4.79 Å². The molecule has 1 aromatic heterocycles. The van der Waals surface area contributed by atoms with Gasteiger partial charge in [0.2, 0.25) is 5.88 Å². The second kappa shape index (κ2) is 8.31. The van der Waals surface area contributed by atoms with Gasteiger partial charge in [-0.1, -0.05) is 41.9 Å². The highest BCUT2D eigenvalue weighted by Gasteiger charge is 2.10. The van der Waals surface area contributed by atoms with E-state index >= 15 is 0 Å². The Bertz CT molecular complexity index is 610.